The van der Waals surface area contributed by atoms with Crippen LogP contribution in [0.15, 0.2) is 30.3 Å². The Morgan fingerprint density at radius 2 is 1.91 bits per heavy atom. The Bertz CT molecular complexity index is 198. The largest absolute Gasteiger partial charge is 0.212 e. The molecule has 0 N–H and O–H groups in total. The maximum absolute atomic E-state index is 13.0. The third-order valence-corrected chi connectivity index (χ3v) is 1.46. The molecule has 0 spiro atoms. The van der Waals surface area contributed by atoms with E-state index in [0.29, 0.717) is 12.2 Å². The lowest BCUT2D eigenvalue weighted by molar-refractivity contribution is 0.432. The predicted octanol–water partition coefficient (Wildman–Crippen LogP) is 2.79. The van der Waals surface area contributed by atoms with E-state index in [2.05, 4.69) is 0 Å². The number of nitrogens with zero attached hydrogens (tertiary/aromatic N) is 1. The van der Waals surface area contributed by atoms with Gasteiger partial charge in [0.05, 0.1) is 12.2 Å². The summed E-state index contributed by atoms with van der Waals surface area (Å²) in [5, 5.41) is 0.764. The Balaban J connectivity index is 2.61. The quantitative estimate of drug-likeness (QED) is 0.603. The van der Waals surface area contributed by atoms with Gasteiger partial charge in [0.25, 0.3) is 0 Å². The van der Waals surface area contributed by atoms with Gasteiger partial charge in [-0.3, -0.25) is 0 Å². The van der Waals surface area contributed by atoms with Crippen LogP contribution in [-0.2, 0) is 0 Å². The topological polar surface area (TPSA) is 3.24 Å². The second-order valence-corrected chi connectivity index (χ2v) is 2.42. The first-order chi connectivity index (χ1) is 5.34. The molecule has 0 amide bonds. The summed E-state index contributed by atoms with van der Waals surface area (Å²) in [6.45, 7) is 2.42. The Labute approximate surface area is 66.4 Å². The number of halogens is 1. The molecule has 0 saturated carbocycles. The fourth-order valence-corrected chi connectivity index (χ4v) is 0.915. The lowest BCUT2D eigenvalue weighted by Crippen LogP contribution is -2.11. The van der Waals surface area contributed by atoms with Crippen molar-refractivity contribution in [2.24, 2.45) is 0 Å². The molecule has 1 nitrogen and oxygen atoms in total. The number of para-hydroxylation sites is 1. The van der Waals surface area contributed by atoms with Crippen LogP contribution in [0.25, 0.3) is 0 Å². The Morgan fingerprint density at radius 3 is 2.45 bits per heavy atom. The van der Waals surface area contributed by atoms with Crippen LogP contribution in [0.3, 0.4) is 0 Å². The van der Waals surface area contributed by atoms with E-state index in [1.165, 1.54) is 0 Å². The number of rotatable bonds is 3. The van der Waals surface area contributed by atoms with Crippen LogP contribution in [0.2, 0.25) is 0 Å². The highest BCUT2D eigenvalue weighted by atomic mass is 19.2. The smallest absolute Gasteiger partial charge is 0.0687 e. The van der Waals surface area contributed by atoms with Crippen molar-refractivity contribution in [2.45, 2.75) is 13.3 Å². The molecule has 0 fully saturated rings. The number of anilines is 1. The maximum Gasteiger partial charge on any atom is 0.0687 e. The highest BCUT2D eigenvalue weighted by Crippen LogP contribution is 2.12. The van der Waals surface area contributed by atoms with Gasteiger partial charge in [0.1, 0.15) is 0 Å². The van der Waals surface area contributed by atoms with Crippen LogP contribution in [0.4, 0.5) is 10.2 Å². The standard InChI is InChI=1S/C9H12FN/c1-2-8-11(10)9-6-4-3-5-7-9/h3-7H,2,8H2,1H3. The van der Waals surface area contributed by atoms with Crippen molar-refractivity contribution < 1.29 is 4.48 Å². The van der Waals surface area contributed by atoms with Gasteiger partial charge in [-0.2, -0.15) is 0 Å². The molecule has 0 aliphatic carbocycles. The third kappa shape index (κ3) is 2.22. The lowest BCUT2D eigenvalue weighted by atomic mass is 10.3. The molecule has 11 heavy (non-hydrogen) atoms. The van der Waals surface area contributed by atoms with Gasteiger partial charge >= 0.3 is 0 Å². The molecular weight excluding hydrogens is 141 g/mol. The van der Waals surface area contributed by atoms with Crippen molar-refractivity contribution >= 4 is 5.69 Å². The van der Waals surface area contributed by atoms with E-state index >= 15 is 0 Å². The summed E-state index contributed by atoms with van der Waals surface area (Å²) in [5.74, 6) is 0. The summed E-state index contributed by atoms with van der Waals surface area (Å²) in [7, 11) is 0. The molecule has 0 atom stereocenters. The molecule has 0 heterocycles. The molecule has 0 aromatic heterocycles. The van der Waals surface area contributed by atoms with Crippen molar-refractivity contribution in [1.82, 2.24) is 0 Å². The van der Waals surface area contributed by atoms with E-state index in [0.717, 1.165) is 11.5 Å². The van der Waals surface area contributed by atoms with Crippen molar-refractivity contribution in [2.75, 3.05) is 11.7 Å². The minimum Gasteiger partial charge on any atom is -0.212 e. The van der Waals surface area contributed by atoms with Crippen molar-refractivity contribution in [1.29, 1.82) is 0 Å². The van der Waals surface area contributed by atoms with Crippen LogP contribution in [-0.4, -0.2) is 6.54 Å². The summed E-state index contributed by atoms with van der Waals surface area (Å²) in [4.78, 5) is 0. The lowest BCUT2D eigenvalue weighted by Gasteiger charge is -2.11. The van der Waals surface area contributed by atoms with Crippen LogP contribution in [0.1, 0.15) is 13.3 Å². The van der Waals surface area contributed by atoms with Gasteiger partial charge in [0.15, 0.2) is 0 Å². The van der Waals surface area contributed by atoms with Gasteiger partial charge in [0.2, 0.25) is 0 Å². The average Bonchev–Trinajstić information content (AvgIpc) is 2.07. The SMILES string of the molecule is CCCN(F)c1ccccc1. The molecule has 0 aliphatic heterocycles. The first kappa shape index (κ1) is 8.05. The van der Waals surface area contributed by atoms with E-state index in [4.69, 9.17) is 0 Å². The molecule has 0 saturated heterocycles. The highest BCUT2D eigenvalue weighted by Gasteiger charge is 1.99. The second kappa shape index (κ2) is 3.96. The van der Waals surface area contributed by atoms with Gasteiger partial charge in [-0.15, -0.1) is 0 Å². The van der Waals surface area contributed by atoms with Crippen molar-refractivity contribution in [3.05, 3.63) is 30.3 Å². The molecule has 0 unspecified atom stereocenters. The summed E-state index contributed by atoms with van der Waals surface area (Å²) >= 11 is 0. The normalized spacial score (nSPS) is 9.64. The van der Waals surface area contributed by atoms with Gasteiger partial charge in [-0.25, -0.2) is 5.12 Å². The van der Waals surface area contributed by atoms with Gasteiger partial charge in [0, 0.05) is 0 Å². The highest BCUT2D eigenvalue weighted by molar-refractivity contribution is 5.42. The van der Waals surface area contributed by atoms with E-state index in [1.807, 2.05) is 25.1 Å². The maximum atomic E-state index is 13.0. The fraction of sp³-hybridized carbons (Fsp3) is 0.333. The third-order valence-electron chi connectivity index (χ3n) is 1.46. The average molecular weight is 153 g/mol. The Hall–Kier alpha value is -1.05. The van der Waals surface area contributed by atoms with Crippen LogP contribution in [0, 0.1) is 0 Å². The fourth-order valence-electron chi connectivity index (χ4n) is 0.915. The summed E-state index contributed by atoms with van der Waals surface area (Å²) in [6, 6.07) is 9.06. The molecular formula is C9H12FN. The zero-order valence-corrected chi connectivity index (χ0v) is 6.63. The predicted molar refractivity (Wildman–Crippen MR) is 45.2 cm³/mol. The number of benzene rings is 1. The minimum absolute atomic E-state index is 0.462. The van der Waals surface area contributed by atoms with Gasteiger partial charge in [-0.1, -0.05) is 29.6 Å². The van der Waals surface area contributed by atoms with E-state index < -0.39 is 0 Å². The molecule has 0 aliphatic rings. The van der Waals surface area contributed by atoms with E-state index in [-0.39, 0.29) is 0 Å². The number of hydrogen-bond acceptors (Lipinski definition) is 1. The monoisotopic (exact) mass is 153 g/mol. The van der Waals surface area contributed by atoms with Crippen LogP contribution >= 0.6 is 0 Å². The van der Waals surface area contributed by atoms with Crippen molar-refractivity contribution in [3.63, 3.8) is 0 Å². The second-order valence-electron chi connectivity index (χ2n) is 2.42. The minimum atomic E-state index is 0.462. The zero-order valence-electron chi connectivity index (χ0n) is 6.63. The van der Waals surface area contributed by atoms with E-state index in [1.54, 1.807) is 12.1 Å². The molecule has 0 bridgehead atoms. The van der Waals surface area contributed by atoms with Crippen molar-refractivity contribution in [3.8, 4) is 0 Å². The molecule has 0 radical (unpaired) electrons. The van der Waals surface area contributed by atoms with Crippen LogP contribution in [0.5, 0.6) is 0 Å². The van der Waals surface area contributed by atoms with E-state index in [9.17, 15) is 4.48 Å². The van der Waals surface area contributed by atoms with Gasteiger partial charge in [-0.05, 0) is 18.6 Å². The summed E-state index contributed by atoms with van der Waals surface area (Å²) in [6.07, 6.45) is 0.825. The molecule has 1 aromatic rings. The molecule has 1 aromatic carbocycles. The Kier molecular flexibility index (Phi) is 2.90. The first-order valence-electron chi connectivity index (χ1n) is 3.83. The summed E-state index contributed by atoms with van der Waals surface area (Å²) < 4.78 is 13.0. The first-order valence-corrected chi connectivity index (χ1v) is 3.83. The van der Waals surface area contributed by atoms with Crippen LogP contribution < -0.4 is 5.12 Å². The van der Waals surface area contributed by atoms with Gasteiger partial charge < -0.3 is 0 Å². The zero-order chi connectivity index (χ0) is 8.10. The summed E-state index contributed by atoms with van der Waals surface area (Å²) in [5.41, 5.74) is 0.634. The Morgan fingerprint density at radius 1 is 1.27 bits per heavy atom. The molecule has 1 rings (SSSR count). The molecule has 60 valence electrons. The molecule has 2 heteroatoms. The number of hydrogen-bond donors (Lipinski definition) is 0.